The van der Waals surface area contributed by atoms with Gasteiger partial charge in [-0.25, -0.2) is 0 Å². The van der Waals surface area contributed by atoms with Gasteiger partial charge in [0.25, 0.3) is 11.6 Å². The maximum atomic E-state index is 11.5. The zero-order valence-electron chi connectivity index (χ0n) is 15.1. The summed E-state index contributed by atoms with van der Waals surface area (Å²) in [4.78, 5) is 22.6. The molecule has 2 N–H and O–H groups in total. The van der Waals surface area contributed by atoms with Crippen molar-refractivity contribution in [3.8, 4) is 5.75 Å². The van der Waals surface area contributed by atoms with Crippen molar-refractivity contribution in [3.05, 3.63) is 22.2 Å². The number of rotatable bonds is 6. The minimum atomic E-state index is -0.430. The summed E-state index contributed by atoms with van der Waals surface area (Å²) < 4.78 is 11.2. The molecule has 1 aromatic carbocycles. The van der Waals surface area contributed by atoms with E-state index in [0.717, 1.165) is 25.7 Å². The van der Waals surface area contributed by atoms with Gasteiger partial charge < -0.3 is 20.1 Å². The van der Waals surface area contributed by atoms with Crippen molar-refractivity contribution in [3.63, 3.8) is 0 Å². The average Bonchev–Trinajstić information content (AvgIpc) is 2.62. The molecule has 1 saturated heterocycles. The Morgan fingerprint density at radius 1 is 1.38 bits per heavy atom. The summed E-state index contributed by atoms with van der Waals surface area (Å²) in [5.41, 5.74) is 0.804. The van der Waals surface area contributed by atoms with E-state index in [4.69, 9.17) is 9.47 Å². The molecule has 0 bridgehead atoms. The molecule has 3 rings (SSSR count). The zero-order chi connectivity index (χ0) is 18.7. The van der Waals surface area contributed by atoms with Crippen molar-refractivity contribution < 1.29 is 19.2 Å². The van der Waals surface area contributed by atoms with E-state index < -0.39 is 4.92 Å². The number of amides is 1. The second-order valence-electron chi connectivity index (χ2n) is 6.81. The van der Waals surface area contributed by atoms with Crippen LogP contribution in [0.2, 0.25) is 0 Å². The van der Waals surface area contributed by atoms with E-state index in [0.29, 0.717) is 29.6 Å². The van der Waals surface area contributed by atoms with Crippen LogP contribution in [0.25, 0.3) is 0 Å². The van der Waals surface area contributed by atoms with Gasteiger partial charge in [-0.05, 0) is 24.8 Å². The molecular formula is C18H25N3O5. The normalized spacial score (nSPS) is 22.3. The second-order valence-corrected chi connectivity index (χ2v) is 6.81. The number of hydrogen-bond donors (Lipinski definition) is 2. The summed E-state index contributed by atoms with van der Waals surface area (Å²) in [7, 11) is 0. The predicted molar refractivity (Wildman–Crippen MR) is 97.7 cm³/mol. The second kappa shape index (κ2) is 7.90. The third kappa shape index (κ3) is 3.90. The average molecular weight is 363 g/mol. The quantitative estimate of drug-likeness (QED) is 0.594. The zero-order valence-corrected chi connectivity index (χ0v) is 15.1. The summed E-state index contributed by atoms with van der Waals surface area (Å²) in [5.74, 6) is 0.548. The minimum Gasteiger partial charge on any atom is -0.481 e. The molecule has 8 heteroatoms. The summed E-state index contributed by atoms with van der Waals surface area (Å²) >= 11 is 0. The van der Waals surface area contributed by atoms with Gasteiger partial charge in [0.15, 0.2) is 12.4 Å². The number of nitrogens with one attached hydrogen (secondary N) is 2. The molecule has 8 nitrogen and oxygen atoms in total. The number of anilines is 2. The lowest BCUT2D eigenvalue weighted by molar-refractivity contribution is -0.384. The van der Waals surface area contributed by atoms with Crippen LogP contribution in [-0.2, 0) is 9.53 Å². The number of nitro groups is 1. The van der Waals surface area contributed by atoms with E-state index in [-0.39, 0.29) is 30.3 Å². The smallest absolute Gasteiger partial charge is 0.296 e. The van der Waals surface area contributed by atoms with Crippen molar-refractivity contribution in [2.75, 3.05) is 23.8 Å². The largest absolute Gasteiger partial charge is 0.481 e. The molecule has 2 unspecified atom stereocenters. The fourth-order valence-electron chi connectivity index (χ4n) is 3.70. The van der Waals surface area contributed by atoms with Crippen LogP contribution < -0.4 is 15.4 Å². The van der Waals surface area contributed by atoms with Crippen LogP contribution in [0.1, 0.15) is 39.5 Å². The van der Waals surface area contributed by atoms with Crippen LogP contribution in [0.5, 0.6) is 5.75 Å². The van der Waals surface area contributed by atoms with Gasteiger partial charge in [-0.1, -0.05) is 26.7 Å². The van der Waals surface area contributed by atoms with Crippen LogP contribution in [0, 0.1) is 16.0 Å². The Hall–Kier alpha value is -2.35. The SMILES string of the molecule is CCC(CC)C1CC(Nc2cc3c(cc2[N+](=O)[O-])OCC(=O)N3)CCO1. The van der Waals surface area contributed by atoms with Gasteiger partial charge in [-0.15, -0.1) is 0 Å². The standard InChI is InChI=1S/C18H25N3O5/c1-3-11(4-2)16-7-12(5-6-25-16)19-13-8-14-17(9-15(13)21(23)24)26-10-18(22)20-14/h8-9,11-12,16,19H,3-7,10H2,1-2H3,(H,20,22). The molecule has 0 saturated carbocycles. The third-order valence-electron chi connectivity index (χ3n) is 5.18. The van der Waals surface area contributed by atoms with Gasteiger partial charge in [-0.2, -0.15) is 0 Å². The monoisotopic (exact) mass is 363 g/mol. The lowest BCUT2D eigenvalue weighted by Gasteiger charge is -2.35. The van der Waals surface area contributed by atoms with Crippen molar-refractivity contribution in [1.29, 1.82) is 0 Å². The first-order valence-electron chi connectivity index (χ1n) is 9.15. The van der Waals surface area contributed by atoms with E-state index >= 15 is 0 Å². The number of ether oxygens (including phenoxy) is 2. The van der Waals surface area contributed by atoms with Gasteiger partial charge in [0, 0.05) is 12.6 Å². The summed E-state index contributed by atoms with van der Waals surface area (Å²) in [6.07, 6.45) is 3.86. The van der Waals surface area contributed by atoms with E-state index in [1.54, 1.807) is 6.07 Å². The molecule has 1 amide bonds. The van der Waals surface area contributed by atoms with E-state index in [1.165, 1.54) is 6.07 Å². The van der Waals surface area contributed by atoms with E-state index in [1.807, 2.05) is 0 Å². The highest BCUT2D eigenvalue weighted by Gasteiger charge is 2.30. The molecule has 1 aromatic rings. The fraction of sp³-hybridized carbons (Fsp3) is 0.611. The Labute approximate surface area is 152 Å². The third-order valence-corrected chi connectivity index (χ3v) is 5.18. The molecule has 2 aliphatic rings. The minimum absolute atomic E-state index is 0.0505. The lowest BCUT2D eigenvalue weighted by Crippen LogP contribution is -2.38. The van der Waals surface area contributed by atoms with Gasteiger partial charge in [0.1, 0.15) is 5.69 Å². The maximum Gasteiger partial charge on any atom is 0.296 e. The van der Waals surface area contributed by atoms with Gasteiger partial charge in [0.2, 0.25) is 0 Å². The molecule has 2 aliphatic heterocycles. The highest BCUT2D eigenvalue weighted by atomic mass is 16.6. The molecule has 2 heterocycles. The highest BCUT2D eigenvalue weighted by Crippen LogP contribution is 2.39. The number of nitro benzene ring substituents is 1. The first kappa shape index (κ1) is 18.4. The molecule has 0 spiro atoms. The van der Waals surface area contributed by atoms with E-state index in [9.17, 15) is 14.9 Å². The fourth-order valence-corrected chi connectivity index (χ4v) is 3.70. The van der Waals surface area contributed by atoms with Crippen LogP contribution >= 0.6 is 0 Å². The van der Waals surface area contributed by atoms with Gasteiger partial charge in [-0.3, -0.25) is 14.9 Å². The van der Waals surface area contributed by atoms with E-state index in [2.05, 4.69) is 24.5 Å². The Bertz CT molecular complexity index is 690. The van der Waals surface area contributed by atoms with Crippen LogP contribution in [0.15, 0.2) is 12.1 Å². The van der Waals surface area contributed by atoms with Crippen molar-refractivity contribution in [2.24, 2.45) is 5.92 Å². The Morgan fingerprint density at radius 3 is 2.85 bits per heavy atom. The molecule has 26 heavy (non-hydrogen) atoms. The number of hydrogen-bond acceptors (Lipinski definition) is 6. The number of carbonyl (C=O) groups is 1. The first-order valence-corrected chi connectivity index (χ1v) is 9.15. The molecule has 0 radical (unpaired) electrons. The van der Waals surface area contributed by atoms with Crippen LogP contribution in [0.4, 0.5) is 17.1 Å². The highest BCUT2D eigenvalue weighted by molar-refractivity contribution is 5.96. The van der Waals surface area contributed by atoms with Crippen LogP contribution in [-0.4, -0.2) is 36.2 Å². The number of carbonyl (C=O) groups excluding carboxylic acids is 1. The Kier molecular flexibility index (Phi) is 5.61. The molecule has 0 aromatic heterocycles. The summed E-state index contributed by atoms with van der Waals surface area (Å²) in [6, 6.07) is 3.05. The van der Waals surface area contributed by atoms with Gasteiger partial charge >= 0.3 is 0 Å². The summed E-state index contributed by atoms with van der Waals surface area (Å²) in [5, 5.41) is 17.5. The molecule has 142 valence electrons. The van der Waals surface area contributed by atoms with Gasteiger partial charge in [0.05, 0.1) is 22.8 Å². The topological polar surface area (TPSA) is 103 Å². The predicted octanol–water partition coefficient (Wildman–Crippen LogP) is 3.32. The van der Waals surface area contributed by atoms with Crippen LogP contribution in [0.3, 0.4) is 0 Å². The molecule has 2 atom stereocenters. The number of nitrogens with zero attached hydrogens (tertiary/aromatic N) is 1. The van der Waals surface area contributed by atoms with Crippen molar-refractivity contribution >= 4 is 23.0 Å². The molecular weight excluding hydrogens is 338 g/mol. The Morgan fingerprint density at radius 2 is 2.15 bits per heavy atom. The maximum absolute atomic E-state index is 11.5. The first-order chi connectivity index (χ1) is 12.5. The van der Waals surface area contributed by atoms with Crippen molar-refractivity contribution in [2.45, 2.75) is 51.7 Å². The summed E-state index contributed by atoms with van der Waals surface area (Å²) in [6.45, 7) is 4.82. The number of fused-ring (bicyclic) bond motifs is 1. The number of benzene rings is 1. The lowest BCUT2D eigenvalue weighted by atomic mass is 9.89. The molecule has 1 fully saturated rings. The Balaban J connectivity index is 1.81. The molecule has 0 aliphatic carbocycles. The van der Waals surface area contributed by atoms with Crippen molar-refractivity contribution in [1.82, 2.24) is 0 Å².